The van der Waals surface area contributed by atoms with Crippen LogP contribution in [0.25, 0.3) is 0 Å². The van der Waals surface area contributed by atoms with E-state index in [0.29, 0.717) is 38.4 Å². The lowest BCUT2D eigenvalue weighted by Crippen LogP contribution is -2.47. The molecule has 0 spiro atoms. The molecule has 2 atom stereocenters. The van der Waals surface area contributed by atoms with Gasteiger partial charge in [-0.25, -0.2) is 0 Å². The summed E-state index contributed by atoms with van der Waals surface area (Å²) in [6.45, 7) is 7.21. The van der Waals surface area contributed by atoms with E-state index in [2.05, 4.69) is 41.1 Å². The van der Waals surface area contributed by atoms with Crippen molar-refractivity contribution in [1.82, 2.24) is 19.6 Å². The van der Waals surface area contributed by atoms with Gasteiger partial charge in [0.2, 0.25) is 0 Å². The number of carbonyl (C=O) groups is 1. The molecule has 2 N–H and O–H groups in total. The van der Waals surface area contributed by atoms with Crippen LogP contribution in [0.3, 0.4) is 0 Å². The molecule has 5 rings (SSSR count). The van der Waals surface area contributed by atoms with Crippen LogP contribution in [0.1, 0.15) is 38.8 Å². The maximum Gasteiger partial charge on any atom is 0.253 e. The highest BCUT2D eigenvalue weighted by Gasteiger charge is 2.28. The maximum absolute atomic E-state index is 13.1. The Morgan fingerprint density at radius 3 is 2.58 bits per heavy atom. The number of aliphatic hydroxyl groups is 2. The fourth-order valence-electron chi connectivity index (χ4n) is 5.52. The lowest BCUT2D eigenvalue weighted by Gasteiger charge is -2.35. The topological polar surface area (TPSA) is 79.7 Å². The van der Waals surface area contributed by atoms with Gasteiger partial charge in [0.25, 0.3) is 5.91 Å². The minimum absolute atomic E-state index is 0.0258. The Morgan fingerprint density at radius 2 is 1.78 bits per heavy atom. The van der Waals surface area contributed by atoms with Crippen molar-refractivity contribution in [3.63, 3.8) is 0 Å². The maximum atomic E-state index is 13.1. The molecule has 3 aliphatic rings. The third kappa shape index (κ3) is 5.80. The third-order valence-electron chi connectivity index (χ3n) is 7.71. The molecule has 36 heavy (non-hydrogen) atoms. The molecular formula is C28H38N4O4. The van der Waals surface area contributed by atoms with E-state index in [9.17, 15) is 15.0 Å². The Morgan fingerprint density at radius 1 is 1.00 bits per heavy atom. The number of β-amino-alcohol motifs (C(OH)–C–C–N with tert-alkyl or cyclic N) is 1. The second-order valence-electron chi connectivity index (χ2n) is 10.3. The Balaban J connectivity index is 1.23. The number of benzene rings is 2. The predicted octanol–water partition coefficient (Wildman–Crippen LogP) is 1.32. The lowest BCUT2D eigenvalue weighted by atomic mass is 9.99. The lowest BCUT2D eigenvalue weighted by molar-refractivity contribution is -0.0535. The van der Waals surface area contributed by atoms with Gasteiger partial charge in [0.1, 0.15) is 6.23 Å². The summed E-state index contributed by atoms with van der Waals surface area (Å²) in [5, 5.41) is 22.2. The molecular weight excluding hydrogens is 456 g/mol. The number of rotatable bonds is 5. The molecule has 8 heteroatoms. The summed E-state index contributed by atoms with van der Waals surface area (Å²) in [6, 6.07) is 14.0. The van der Waals surface area contributed by atoms with E-state index in [1.54, 1.807) is 0 Å². The quantitative estimate of drug-likeness (QED) is 0.649. The number of hydrogen-bond donors (Lipinski definition) is 2. The normalized spacial score (nSPS) is 22.9. The van der Waals surface area contributed by atoms with Crippen molar-refractivity contribution < 1.29 is 19.7 Å². The zero-order valence-electron chi connectivity index (χ0n) is 21.2. The highest BCUT2D eigenvalue weighted by Crippen LogP contribution is 2.27. The molecule has 3 aliphatic heterocycles. The SMILES string of the molecule is CN1CCN(C(=O)c2ccc3c(c2)COCCN(C[C@H](O)CN2CCc4ccccc4C2)C3O)CC1. The summed E-state index contributed by atoms with van der Waals surface area (Å²) >= 11 is 0. The third-order valence-corrected chi connectivity index (χ3v) is 7.71. The molecule has 0 aliphatic carbocycles. The highest BCUT2D eigenvalue weighted by molar-refractivity contribution is 5.94. The number of piperazine rings is 1. The number of nitrogens with zero attached hydrogens (tertiary/aromatic N) is 4. The monoisotopic (exact) mass is 494 g/mol. The van der Waals surface area contributed by atoms with Crippen LogP contribution in [-0.2, 0) is 24.3 Å². The van der Waals surface area contributed by atoms with Gasteiger partial charge in [0.05, 0.1) is 19.3 Å². The molecule has 0 saturated carbocycles. The van der Waals surface area contributed by atoms with E-state index in [1.165, 1.54) is 11.1 Å². The first-order valence-corrected chi connectivity index (χ1v) is 13.1. The first kappa shape index (κ1) is 25.3. The van der Waals surface area contributed by atoms with E-state index in [1.807, 2.05) is 28.0 Å². The largest absolute Gasteiger partial charge is 0.390 e. The number of fused-ring (bicyclic) bond motifs is 2. The van der Waals surface area contributed by atoms with Gasteiger partial charge in [-0.2, -0.15) is 0 Å². The van der Waals surface area contributed by atoms with Crippen molar-refractivity contribution in [2.24, 2.45) is 0 Å². The minimum Gasteiger partial charge on any atom is -0.390 e. The standard InChI is InChI=1S/C28H38N4O4/c1-29-10-12-31(13-11-29)27(34)22-6-7-26-24(16-22)20-36-15-14-32(28(26)35)19-25(33)18-30-9-8-21-4-2-3-5-23(21)17-30/h2-7,16,25,28,33,35H,8-15,17-20H2,1H3/t25-,28?/m1/s1. The van der Waals surface area contributed by atoms with Gasteiger partial charge in [-0.05, 0) is 42.3 Å². The zero-order valence-corrected chi connectivity index (χ0v) is 21.2. The van der Waals surface area contributed by atoms with E-state index >= 15 is 0 Å². The predicted molar refractivity (Wildman–Crippen MR) is 137 cm³/mol. The smallest absolute Gasteiger partial charge is 0.253 e. The molecule has 3 heterocycles. The van der Waals surface area contributed by atoms with E-state index in [0.717, 1.165) is 56.8 Å². The zero-order chi connectivity index (χ0) is 25.1. The van der Waals surface area contributed by atoms with Gasteiger partial charge in [-0.1, -0.05) is 30.3 Å². The van der Waals surface area contributed by atoms with Crippen LogP contribution >= 0.6 is 0 Å². The Kier molecular flexibility index (Phi) is 8.00. The van der Waals surface area contributed by atoms with Gasteiger partial charge in [-0.15, -0.1) is 0 Å². The number of carbonyl (C=O) groups excluding carboxylic acids is 1. The van der Waals surface area contributed by atoms with Crippen molar-refractivity contribution in [3.05, 3.63) is 70.3 Å². The van der Waals surface area contributed by atoms with Gasteiger partial charge in [0.15, 0.2) is 0 Å². The Labute approximate surface area is 213 Å². The first-order chi connectivity index (χ1) is 17.5. The summed E-state index contributed by atoms with van der Waals surface area (Å²) in [6.07, 6.45) is -0.453. The van der Waals surface area contributed by atoms with E-state index < -0.39 is 12.3 Å². The molecule has 8 nitrogen and oxygen atoms in total. The first-order valence-electron chi connectivity index (χ1n) is 13.1. The van der Waals surface area contributed by atoms with Crippen LogP contribution in [0.2, 0.25) is 0 Å². The minimum atomic E-state index is -0.853. The van der Waals surface area contributed by atoms with Crippen molar-refractivity contribution in [2.45, 2.75) is 31.9 Å². The Hall–Kier alpha value is -2.33. The average molecular weight is 495 g/mol. The van der Waals surface area contributed by atoms with Gasteiger partial charge in [-0.3, -0.25) is 14.6 Å². The molecule has 0 aromatic heterocycles. The van der Waals surface area contributed by atoms with E-state index in [-0.39, 0.29) is 5.91 Å². The molecule has 1 unspecified atom stereocenters. The number of aliphatic hydroxyl groups excluding tert-OH is 2. The highest BCUT2D eigenvalue weighted by atomic mass is 16.5. The fraction of sp³-hybridized carbons (Fsp3) is 0.536. The second-order valence-corrected chi connectivity index (χ2v) is 10.3. The number of likely N-dealkylation sites (N-methyl/N-ethyl adjacent to an activating group) is 1. The summed E-state index contributed by atoms with van der Waals surface area (Å²) in [4.78, 5) is 21.3. The number of amides is 1. The molecule has 2 aromatic rings. The number of hydrogen-bond acceptors (Lipinski definition) is 7. The van der Waals surface area contributed by atoms with E-state index in [4.69, 9.17) is 4.74 Å². The van der Waals surface area contributed by atoms with Crippen LogP contribution in [0.5, 0.6) is 0 Å². The molecule has 1 saturated heterocycles. The number of ether oxygens (including phenoxy) is 1. The van der Waals surface area contributed by atoms with Crippen LogP contribution in [0.4, 0.5) is 0 Å². The summed E-state index contributed by atoms with van der Waals surface area (Å²) in [7, 11) is 2.07. The van der Waals surface area contributed by atoms with Crippen molar-refractivity contribution in [1.29, 1.82) is 0 Å². The van der Waals surface area contributed by atoms with Crippen LogP contribution in [0.15, 0.2) is 42.5 Å². The summed E-state index contributed by atoms with van der Waals surface area (Å²) < 4.78 is 5.87. The second kappa shape index (κ2) is 11.4. The van der Waals surface area contributed by atoms with Crippen LogP contribution in [0, 0.1) is 0 Å². The van der Waals surface area contributed by atoms with Gasteiger partial charge < -0.3 is 24.7 Å². The fourth-order valence-corrected chi connectivity index (χ4v) is 5.52. The van der Waals surface area contributed by atoms with Gasteiger partial charge >= 0.3 is 0 Å². The summed E-state index contributed by atoms with van der Waals surface area (Å²) in [5.41, 5.74) is 4.91. The van der Waals surface area contributed by atoms with Gasteiger partial charge in [0, 0.05) is 70.0 Å². The summed E-state index contributed by atoms with van der Waals surface area (Å²) in [5.74, 6) is 0.0258. The van der Waals surface area contributed by atoms with Crippen LogP contribution in [-0.4, -0.2) is 108 Å². The van der Waals surface area contributed by atoms with Crippen molar-refractivity contribution >= 4 is 5.91 Å². The average Bonchev–Trinajstić information content (AvgIpc) is 2.89. The van der Waals surface area contributed by atoms with Crippen molar-refractivity contribution in [2.75, 3.05) is 66.0 Å². The molecule has 194 valence electrons. The molecule has 1 fully saturated rings. The molecule has 1 amide bonds. The van der Waals surface area contributed by atoms with Crippen molar-refractivity contribution in [3.8, 4) is 0 Å². The molecule has 0 radical (unpaired) electrons. The Bertz CT molecular complexity index is 1060. The molecule has 2 aromatic carbocycles. The molecule has 0 bridgehead atoms. The van der Waals surface area contributed by atoms with Crippen LogP contribution < -0.4 is 0 Å².